The van der Waals surface area contributed by atoms with Crippen molar-refractivity contribution in [2.24, 2.45) is 0 Å². The molecule has 0 radical (unpaired) electrons. The van der Waals surface area contributed by atoms with Crippen molar-refractivity contribution >= 4 is 11.0 Å². The van der Waals surface area contributed by atoms with Crippen LogP contribution in [0.15, 0.2) is 0 Å². The lowest BCUT2D eigenvalue weighted by molar-refractivity contribution is 0.0334. The first-order chi connectivity index (χ1) is 11.4. The molecular weight excluding hydrogens is 312 g/mol. The topological polar surface area (TPSA) is 21.8 Å². The minimum atomic E-state index is 0. The number of unbranched alkanes of at least 4 members (excludes halogenated alkanes) is 12. The molecule has 24 heavy (non-hydrogen) atoms. The Hall–Kier alpha value is 0.137. The van der Waals surface area contributed by atoms with E-state index in [1.54, 1.807) is 0 Å². The summed E-state index contributed by atoms with van der Waals surface area (Å²) in [6.45, 7) is 6.26. The van der Waals surface area contributed by atoms with Crippen molar-refractivity contribution in [1.82, 2.24) is 0 Å². The van der Waals surface area contributed by atoms with Crippen molar-refractivity contribution < 1.29 is 9.47 Å². The van der Waals surface area contributed by atoms with Gasteiger partial charge in [0.1, 0.15) is 6.10 Å². The van der Waals surface area contributed by atoms with Crippen molar-refractivity contribution in [1.29, 1.82) is 0 Å². The molecule has 0 aromatic carbocycles. The van der Waals surface area contributed by atoms with Gasteiger partial charge in [-0.1, -0.05) is 97.3 Å². The van der Waals surface area contributed by atoms with Crippen LogP contribution in [0.1, 0.15) is 110 Å². The van der Waals surface area contributed by atoms with Crippen molar-refractivity contribution in [3.8, 4) is 0 Å². The molecule has 2 unspecified atom stereocenters. The van der Waals surface area contributed by atoms with E-state index >= 15 is 0 Å². The maximum Gasteiger partial charge on any atom is 0.104 e. The summed E-state index contributed by atoms with van der Waals surface area (Å²) in [5.74, 6) is 0. The van der Waals surface area contributed by atoms with Crippen LogP contribution in [0.5, 0.6) is 0 Å². The minimum Gasteiger partial charge on any atom is -0.375 e. The summed E-state index contributed by atoms with van der Waals surface area (Å²) in [6, 6.07) is 0. The average molecular weight is 359 g/mol. The van der Waals surface area contributed by atoms with E-state index in [1.807, 2.05) is 0 Å². The fourth-order valence-corrected chi connectivity index (χ4v) is 3.20. The Morgan fingerprint density at radius 1 is 0.792 bits per heavy atom. The molecule has 1 rings (SSSR count). The summed E-state index contributed by atoms with van der Waals surface area (Å²) >= 11 is 0. The predicted molar refractivity (Wildman–Crippen MR) is 111 cm³/mol. The van der Waals surface area contributed by atoms with Crippen LogP contribution in [0.3, 0.4) is 0 Å². The van der Waals surface area contributed by atoms with Gasteiger partial charge in [0.2, 0.25) is 0 Å². The second-order valence-corrected chi connectivity index (χ2v) is 7.35. The first kappa shape index (κ1) is 24.1. The molecule has 1 fully saturated rings. The zero-order valence-electron chi connectivity index (χ0n) is 16.0. The Kier molecular flexibility index (Phi) is 18.0. The molecule has 0 aromatic rings. The highest BCUT2D eigenvalue weighted by Crippen LogP contribution is 2.16. The highest BCUT2D eigenvalue weighted by molar-refractivity contribution is 5.75. The molecule has 0 N–H and O–H groups in total. The zero-order valence-corrected chi connectivity index (χ0v) is 16.0. The van der Waals surface area contributed by atoms with Crippen molar-refractivity contribution in [3.63, 3.8) is 0 Å². The van der Waals surface area contributed by atoms with Gasteiger partial charge in [-0.3, -0.25) is 0 Å². The van der Waals surface area contributed by atoms with Gasteiger partial charge in [-0.2, -0.15) is 0 Å². The normalized spacial score (nSPS) is 17.5. The van der Waals surface area contributed by atoms with E-state index in [2.05, 4.69) is 13.8 Å². The second-order valence-electron chi connectivity index (χ2n) is 7.35. The lowest BCUT2D eigenvalue weighted by atomic mass is 10.0. The van der Waals surface area contributed by atoms with Crippen molar-refractivity contribution in [2.75, 3.05) is 13.2 Å². The molecule has 1 saturated heterocycles. The molecule has 0 amide bonds. The van der Waals surface area contributed by atoms with Crippen LogP contribution in [0, 0.1) is 0 Å². The summed E-state index contributed by atoms with van der Waals surface area (Å²) in [7, 11) is 0. The summed E-state index contributed by atoms with van der Waals surface area (Å²) in [5.41, 5.74) is 0. The van der Waals surface area contributed by atoms with Crippen molar-refractivity contribution in [2.45, 2.75) is 122 Å². The summed E-state index contributed by atoms with van der Waals surface area (Å²) in [5, 5.41) is 0. The van der Waals surface area contributed by atoms with Crippen molar-refractivity contribution in [3.05, 3.63) is 0 Å². The van der Waals surface area contributed by atoms with E-state index in [9.17, 15) is 0 Å². The molecule has 3 heteroatoms. The zero-order chi connectivity index (χ0) is 16.6. The van der Waals surface area contributed by atoms with Gasteiger partial charge in [0.15, 0.2) is 0 Å². The number of hydrogen-bond donors (Lipinski definition) is 0. The average Bonchev–Trinajstić information content (AvgIpc) is 3.39. The molecule has 1 heterocycles. The first-order valence-corrected chi connectivity index (χ1v) is 10.6. The highest BCUT2D eigenvalue weighted by Gasteiger charge is 2.23. The van der Waals surface area contributed by atoms with E-state index in [4.69, 9.17) is 9.47 Å². The third kappa shape index (κ3) is 15.7. The third-order valence-corrected chi connectivity index (χ3v) is 5.01. The number of ether oxygens (including phenoxy) is 2. The molecule has 146 valence electrons. The molecule has 2 nitrogen and oxygen atoms in total. The molecular formula is C21H46O2Si. The molecule has 0 bridgehead atoms. The van der Waals surface area contributed by atoms with Crippen LogP contribution in [0.25, 0.3) is 0 Å². The van der Waals surface area contributed by atoms with Gasteiger partial charge in [-0.25, -0.2) is 0 Å². The number of epoxide rings is 1. The monoisotopic (exact) mass is 358 g/mol. The lowest BCUT2D eigenvalue weighted by Gasteiger charge is -2.15. The number of rotatable bonds is 18. The molecule has 1 aliphatic rings. The standard InChI is InChI=1S/C21H42O2.H4Si/c1-3-5-6-7-8-9-10-11-12-13-14-15-16-17-20(4-2)22-18-21-19-23-21;/h20-21H,3-19H2,1-2H3;1H4. The van der Waals surface area contributed by atoms with Gasteiger partial charge in [0, 0.05) is 0 Å². The van der Waals surface area contributed by atoms with E-state index in [-0.39, 0.29) is 11.0 Å². The quantitative estimate of drug-likeness (QED) is 0.191. The van der Waals surface area contributed by atoms with E-state index < -0.39 is 0 Å². The van der Waals surface area contributed by atoms with Crippen LogP contribution in [0.2, 0.25) is 0 Å². The maximum absolute atomic E-state index is 5.90. The lowest BCUT2D eigenvalue weighted by Crippen LogP contribution is -2.15. The molecule has 0 aromatic heterocycles. The van der Waals surface area contributed by atoms with Gasteiger partial charge >= 0.3 is 0 Å². The van der Waals surface area contributed by atoms with Crippen LogP contribution < -0.4 is 0 Å². The number of hydrogen-bond acceptors (Lipinski definition) is 2. The van der Waals surface area contributed by atoms with E-state index in [0.717, 1.165) is 19.6 Å². The largest absolute Gasteiger partial charge is 0.375 e. The van der Waals surface area contributed by atoms with Crippen LogP contribution in [0.4, 0.5) is 0 Å². The SMILES string of the molecule is CCCCCCCCCCCCCCCC(CC)OCC1CO1.[SiH4]. The summed E-state index contributed by atoms with van der Waals surface area (Å²) < 4.78 is 11.1. The molecule has 0 saturated carbocycles. The molecule has 1 aliphatic heterocycles. The minimum absolute atomic E-state index is 0. The van der Waals surface area contributed by atoms with Gasteiger partial charge in [0.25, 0.3) is 0 Å². The summed E-state index contributed by atoms with van der Waals surface area (Å²) in [4.78, 5) is 0. The molecule has 2 atom stereocenters. The Balaban J connectivity index is 0.00000529. The Morgan fingerprint density at radius 2 is 1.25 bits per heavy atom. The fraction of sp³-hybridized carbons (Fsp3) is 1.00. The van der Waals surface area contributed by atoms with Gasteiger partial charge in [-0.15, -0.1) is 0 Å². The van der Waals surface area contributed by atoms with Gasteiger partial charge in [0.05, 0.1) is 19.3 Å². The maximum atomic E-state index is 5.90. The Labute approximate surface area is 156 Å². The highest BCUT2D eigenvalue weighted by atomic mass is 28.1. The van der Waals surface area contributed by atoms with Crippen LogP contribution in [-0.2, 0) is 9.47 Å². The third-order valence-electron chi connectivity index (χ3n) is 5.01. The fourth-order valence-electron chi connectivity index (χ4n) is 3.20. The van der Waals surface area contributed by atoms with E-state index in [0.29, 0.717) is 12.2 Å². The Bertz CT molecular complexity index is 244. The predicted octanol–water partition coefficient (Wildman–Crippen LogP) is 5.21. The summed E-state index contributed by atoms with van der Waals surface area (Å²) in [6.07, 6.45) is 21.8. The first-order valence-electron chi connectivity index (χ1n) is 10.6. The van der Waals surface area contributed by atoms with Gasteiger partial charge in [-0.05, 0) is 23.8 Å². The van der Waals surface area contributed by atoms with E-state index in [1.165, 1.54) is 89.9 Å². The smallest absolute Gasteiger partial charge is 0.104 e. The van der Waals surface area contributed by atoms with Gasteiger partial charge < -0.3 is 9.47 Å². The Morgan fingerprint density at radius 3 is 1.67 bits per heavy atom. The van der Waals surface area contributed by atoms with Crippen LogP contribution in [-0.4, -0.2) is 36.4 Å². The van der Waals surface area contributed by atoms with Crippen LogP contribution >= 0.6 is 0 Å². The molecule has 0 spiro atoms. The second kappa shape index (κ2) is 17.9. The molecule has 0 aliphatic carbocycles.